The molecule has 0 spiro atoms. The fourth-order valence-corrected chi connectivity index (χ4v) is 3.95. The third-order valence-electron chi connectivity index (χ3n) is 4.06. The second-order valence-electron chi connectivity index (χ2n) is 7.00. The maximum atomic E-state index is 12.7. The van der Waals surface area contributed by atoms with Crippen molar-refractivity contribution in [2.75, 3.05) is 14.2 Å². The Morgan fingerprint density at radius 2 is 1.68 bits per heavy atom. The molecule has 0 bridgehead atoms. The molecule has 4 nitrogen and oxygen atoms in total. The number of benzene rings is 2. The maximum Gasteiger partial charge on any atom is 0.243 e. The zero-order valence-corrected chi connectivity index (χ0v) is 16.8. The zero-order chi connectivity index (χ0) is 18.8. The van der Waals surface area contributed by atoms with Crippen molar-refractivity contribution in [3.8, 4) is 5.75 Å². The lowest BCUT2D eigenvalue weighted by molar-refractivity contribution is 0.414. The van der Waals surface area contributed by atoms with Crippen molar-refractivity contribution < 1.29 is 13.2 Å². The first-order chi connectivity index (χ1) is 11.6. The van der Waals surface area contributed by atoms with Crippen LogP contribution in [0.4, 0.5) is 0 Å². The minimum absolute atomic E-state index is 0.0658. The zero-order valence-electron chi connectivity index (χ0n) is 15.2. The molecule has 0 radical (unpaired) electrons. The summed E-state index contributed by atoms with van der Waals surface area (Å²) in [6, 6.07) is 12.5. The highest BCUT2D eigenvalue weighted by atomic mass is 35.5. The van der Waals surface area contributed by atoms with Crippen molar-refractivity contribution in [1.29, 1.82) is 0 Å². The monoisotopic (exact) mass is 381 g/mol. The highest BCUT2D eigenvalue weighted by Crippen LogP contribution is 2.29. The van der Waals surface area contributed by atoms with Gasteiger partial charge in [-0.2, -0.15) is 4.31 Å². The Morgan fingerprint density at radius 3 is 2.16 bits per heavy atom. The molecule has 0 saturated carbocycles. The molecule has 2 aromatic rings. The Balaban J connectivity index is 2.21. The quantitative estimate of drug-likeness (QED) is 0.767. The minimum atomic E-state index is -3.63. The van der Waals surface area contributed by atoms with E-state index in [9.17, 15) is 8.42 Å². The molecule has 0 unspecified atom stereocenters. The van der Waals surface area contributed by atoms with Crippen LogP contribution in [0.15, 0.2) is 47.4 Å². The van der Waals surface area contributed by atoms with Gasteiger partial charge in [-0.25, -0.2) is 8.42 Å². The molecule has 6 heteroatoms. The average Bonchev–Trinajstić information content (AvgIpc) is 2.54. The molecule has 0 aromatic heterocycles. The van der Waals surface area contributed by atoms with Crippen LogP contribution in [0.25, 0.3) is 0 Å². The van der Waals surface area contributed by atoms with E-state index in [1.165, 1.54) is 29.1 Å². The summed E-state index contributed by atoms with van der Waals surface area (Å²) >= 11 is 6.05. The largest absolute Gasteiger partial charge is 0.495 e. The lowest BCUT2D eigenvalue weighted by Gasteiger charge is -2.21. The Morgan fingerprint density at radius 1 is 1.08 bits per heavy atom. The summed E-state index contributed by atoms with van der Waals surface area (Å²) in [4.78, 5) is 0.145. The predicted octanol–water partition coefficient (Wildman–Crippen LogP) is 4.47. The fourth-order valence-electron chi connectivity index (χ4n) is 2.44. The maximum absolute atomic E-state index is 12.7. The number of sulfonamides is 1. The van der Waals surface area contributed by atoms with E-state index in [-0.39, 0.29) is 21.9 Å². The summed E-state index contributed by atoms with van der Waals surface area (Å²) < 4.78 is 31.9. The third kappa shape index (κ3) is 4.54. The van der Waals surface area contributed by atoms with Crippen molar-refractivity contribution in [3.63, 3.8) is 0 Å². The number of halogens is 1. The summed E-state index contributed by atoms with van der Waals surface area (Å²) in [6.07, 6.45) is 0. The standard InChI is InChI=1S/C19H24ClNO3S/c1-19(2,3)15-8-6-14(7-9-15)13-21(4)25(22,23)16-10-11-18(24-5)17(20)12-16/h6-12H,13H2,1-5H3. The third-order valence-corrected chi connectivity index (χ3v) is 6.15. The Labute approximate surface area is 155 Å². The minimum Gasteiger partial charge on any atom is -0.495 e. The summed E-state index contributed by atoms with van der Waals surface area (Å²) in [6.45, 7) is 6.72. The first-order valence-electron chi connectivity index (χ1n) is 7.95. The molecule has 0 heterocycles. The van der Waals surface area contributed by atoms with Crippen LogP contribution in [0, 0.1) is 0 Å². The van der Waals surface area contributed by atoms with Crippen molar-refractivity contribution in [2.24, 2.45) is 0 Å². The van der Waals surface area contributed by atoms with E-state index >= 15 is 0 Å². The van der Waals surface area contributed by atoms with E-state index in [1.807, 2.05) is 24.3 Å². The van der Waals surface area contributed by atoms with E-state index in [1.54, 1.807) is 13.1 Å². The first-order valence-corrected chi connectivity index (χ1v) is 9.77. The van der Waals surface area contributed by atoms with E-state index in [2.05, 4.69) is 20.8 Å². The van der Waals surface area contributed by atoms with E-state index in [0.29, 0.717) is 5.75 Å². The summed E-state index contributed by atoms with van der Waals surface area (Å²) in [7, 11) is -0.580. The number of ether oxygens (including phenoxy) is 1. The van der Waals surface area contributed by atoms with Crippen LogP contribution in [0.2, 0.25) is 5.02 Å². The fraction of sp³-hybridized carbons (Fsp3) is 0.368. The summed E-state index contributed by atoms with van der Waals surface area (Å²) in [5.41, 5.74) is 2.21. The second-order valence-corrected chi connectivity index (χ2v) is 9.46. The molecule has 0 fully saturated rings. The molecule has 0 amide bonds. The first kappa shape index (κ1) is 19.8. The predicted molar refractivity (Wildman–Crippen MR) is 102 cm³/mol. The molecule has 0 aliphatic carbocycles. The van der Waals surface area contributed by atoms with Gasteiger partial charge in [0.1, 0.15) is 5.75 Å². The molecule has 0 aliphatic rings. The Bertz CT molecular complexity index is 840. The van der Waals surface area contributed by atoms with Crippen LogP contribution >= 0.6 is 11.6 Å². The second kappa shape index (κ2) is 7.36. The molecule has 0 saturated heterocycles. The van der Waals surface area contributed by atoms with Gasteiger partial charge in [0.05, 0.1) is 17.0 Å². The van der Waals surface area contributed by atoms with Crippen LogP contribution in [-0.2, 0) is 22.0 Å². The topological polar surface area (TPSA) is 46.6 Å². The number of hydrogen-bond acceptors (Lipinski definition) is 3. The van der Waals surface area contributed by atoms with Gasteiger partial charge in [-0.15, -0.1) is 0 Å². The number of hydrogen-bond donors (Lipinski definition) is 0. The molecule has 2 aromatic carbocycles. The normalized spacial score (nSPS) is 12.4. The van der Waals surface area contributed by atoms with Crippen LogP contribution in [-0.4, -0.2) is 26.9 Å². The van der Waals surface area contributed by atoms with Gasteiger partial charge in [0, 0.05) is 13.6 Å². The lowest BCUT2D eigenvalue weighted by Crippen LogP contribution is -2.26. The molecule has 0 atom stereocenters. The highest BCUT2D eigenvalue weighted by molar-refractivity contribution is 7.89. The van der Waals surface area contributed by atoms with Gasteiger partial charge in [-0.1, -0.05) is 56.6 Å². The van der Waals surface area contributed by atoms with Gasteiger partial charge in [0.15, 0.2) is 0 Å². The average molecular weight is 382 g/mol. The van der Waals surface area contributed by atoms with Crippen molar-refractivity contribution in [2.45, 2.75) is 37.6 Å². The smallest absolute Gasteiger partial charge is 0.243 e. The van der Waals surface area contributed by atoms with Gasteiger partial charge in [-0.3, -0.25) is 0 Å². The van der Waals surface area contributed by atoms with E-state index in [4.69, 9.17) is 16.3 Å². The van der Waals surface area contributed by atoms with Gasteiger partial charge >= 0.3 is 0 Å². The summed E-state index contributed by atoms with van der Waals surface area (Å²) in [5, 5.41) is 0.270. The van der Waals surface area contributed by atoms with Crippen molar-refractivity contribution in [3.05, 3.63) is 58.6 Å². The molecule has 0 N–H and O–H groups in total. The van der Waals surface area contributed by atoms with Crippen LogP contribution in [0.3, 0.4) is 0 Å². The SMILES string of the molecule is COc1ccc(S(=O)(=O)N(C)Cc2ccc(C(C)(C)C)cc2)cc1Cl. The van der Waals surface area contributed by atoms with Gasteiger partial charge in [-0.05, 0) is 34.7 Å². The number of rotatable bonds is 5. The van der Waals surface area contributed by atoms with Gasteiger partial charge in [0.25, 0.3) is 0 Å². The van der Waals surface area contributed by atoms with Crippen molar-refractivity contribution in [1.82, 2.24) is 4.31 Å². The molecule has 0 aliphatic heterocycles. The highest BCUT2D eigenvalue weighted by Gasteiger charge is 2.22. The molecule has 2 rings (SSSR count). The summed E-state index contributed by atoms with van der Waals surface area (Å²) in [5.74, 6) is 0.445. The van der Waals surface area contributed by atoms with Gasteiger partial charge in [0.2, 0.25) is 10.0 Å². The Hall–Kier alpha value is -1.56. The molecule has 136 valence electrons. The number of nitrogens with zero attached hydrogens (tertiary/aromatic N) is 1. The number of methoxy groups -OCH3 is 1. The van der Waals surface area contributed by atoms with Crippen molar-refractivity contribution >= 4 is 21.6 Å². The Kier molecular flexibility index (Phi) is 5.82. The molecular weight excluding hydrogens is 358 g/mol. The van der Waals surface area contributed by atoms with Crippen LogP contribution < -0.4 is 4.74 Å². The van der Waals surface area contributed by atoms with Crippen LogP contribution in [0.1, 0.15) is 31.9 Å². The lowest BCUT2D eigenvalue weighted by atomic mass is 9.87. The molecule has 25 heavy (non-hydrogen) atoms. The van der Waals surface area contributed by atoms with Crippen LogP contribution in [0.5, 0.6) is 5.75 Å². The molecular formula is C19H24ClNO3S. The van der Waals surface area contributed by atoms with E-state index in [0.717, 1.165) is 5.56 Å². The van der Waals surface area contributed by atoms with E-state index < -0.39 is 10.0 Å². The van der Waals surface area contributed by atoms with Gasteiger partial charge < -0.3 is 4.74 Å².